The predicted octanol–water partition coefficient (Wildman–Crippen LogP) is 4.41. The highest BCUT2D eigenvalue weighted by atomic mass is 32.2. The zero-order valence-corrected chi connectivity index (χ0v) is 14.9. The van der Waals surface area contributed by atoms with E-state index in [9.17, 15) is 18.1 Å². The predicted molar refractivity (Wildman–Crippen MR) is 99.9 cm³/mol. The molecule has 0 amide bonds. The zero-order chi connectivity index (χ0) is 19.1. The van der Waals surface area contributed by atoms with Crippen LogP contribution in [0.4, 0.5) is 17.1 Å². The highest BCUT2D eigenvalue weighted by molar-refractivity contribution is 7.86. The molecule has 0 aliphatic heterocycles. The van der Waals surface area contributed by atoms with Crippen molar-refractivity contribution >= 4 is 38.0 Å². The molecular formula is C18H17N3O4S. The number of phenolic OH excluding ortho intramolecular Hbond substituents is 1. The van der Waals surface area contributed by atoms with Crippen molar-refractivity contribution in [3.05, 3.63) is 53.6 Å². The van der Waals surface area contributed by atoms with Crippen molar-refractivity contribution in [1.29, 1.82) is 0 Å². The summed E-state index contributed by atoms with van der Waals surface area (Å²) < 4.78 is 32.5. The van der Waals surface area contributed by atoms with E-state index in [0.717, 1.165) is 5.39 Å². The van der Waals surface area contributed by atoms with Crippen LogP contribution in [0.25, 0.3) is 10.8 Å². The lowest BCUT2D eigenvalue weighted by atomic mass is 10.0. The van der Waals surface area contributed by atoms with Crippen LogP contribution in [0.3, 0.4) is 0 Å². The average molecular weight is 371 g/mol. The number of benzene rings is 3. The van der Waals surface area contributed by atoms with Crippen LogP contribution in [-0.2, 0) is 10.1 Å². The molecule has 3 rings (SSSR count). The molecule has 3 aromatic rings. The average Bonchev–Trinajstić information content (AvgIpc) is 2.54. The lowest BCUT2D eigenvalue weighted by Gasteiger charge is -2.08. The van der Waals surface area contributed by atoms with Crippen molar-refractivity contribution in [1.82, 2.24) is 0 Å². The molecule has 8 heteroatoms. The molecule has 0 atom stereocenters. The highest BCUT2D eigenvalue weighted by Crippen LogP contribution is 2.39. The summed E-state index contributed by atoms with van der Waals surface area (Å²) in [7, 11) is -4.45. The Hall–Kier alpha value is -2.97. The van der Waals surface area contributed by atoms with Gasteiger partial charge < -0.3 is 10.8 Å². The molecule has 0 saturated heterocycles. The summed E-state index contributed by atoms with van der Waals surface area (Å²) in [5.41, 5.74) is 7.82. The molecular weight excluding hydrogens is 354 g/mol. The lowest BCUT2D eigenvalue weighted by molar-refractivity contribution is 0.482. The SMILES string of the molecule is Cc1ccc(N=Nc2c(C)cc3cc(N)ccc3c2O)c(S(=O)(=O)O)c1. The maximum atomic E-state index is 11.6. The van der Waals surface area contributed by atoms with Crippen molar-refractivity contribution in [2.45, 2.75) is 18.7 Å². The lowest BCUT2D eigenvalue weighted by Crippen LogP contribution is -1.98. The Bertz CT molecular complexity index is 1150. The van der Waals surface area contributed by atoms with Gasteiger partial charge in [-0.05, 0) is 66.8 Å². The van der Waals surface area contributed by atoms with E-state index in [2.05, 4.69) is 10.2 Å². The van der Waals surface area contributed by atoms with Gasteiger partial charge in [-0.2, -0.15) is 8.42 Å². The van der Waals surface area contributed by atoms with Crippen molar-refractivity contribution in [3.8, 4) is 5.75 Å². The smallest absolute Gasteiger partial charge is 0.296 e. The number of nitrogen functional groups attached to an aromatic ring is 1. The summed E-state index contributed by atoms with van der Waals surface area (Å²) in [6.07, 6.45) is 0. The number of nitrogens with two attached hydrogens (primary N) is 1. The van der Waals surface area contributed by atoms with E-state index >= 15 is 0 Å². The second-order valence-corrected chi connectivity index (χ2v) is 7.41. The number of aromatic hydroxyl groups is 1. The first-order chi connectivity index (χ1) is 12.2. The minimum atomic E-state index is -4.45. The minimum Gasteiger partial charge on any atom is -0.505 e. The Morgan fingerprint density at radius 3 is 2.42 bits per heavy atom. The third kappa shape index (κ3) is 3.37. The number of azo groups is 1. The van der Waals surface area contributed by atoms with Crippen LogP contribution >= 0.6 is 0 Å². The van der Waals surface area contributed by atoms with E-state index < -0.39 is 10.1 Å². The van der Waals surface area contributed by atoms with Gasteiger partial charge in [0.05, 0.1) is 0 Å². The Labute approximate surface area is 150 Å². The summed E-state index contributed by atoms with van der Waals surface area (Å²) in [5.74, 6) is -0.0794. The first kappa shape index (κ1) is 17.8. The van der Waals surface area contributed by atoms with Gasteiger partial charge in [-0.15, -0.1) is 10.2 Å². The van der Waals surface area contributed by atoms with Gasteiger partial charge in [0.1, 0.15) is 16.3 Å². The molecule has 0 radical (unpaired) electrons. The topological polar surface area (TPSA) is 125 Å². The largest absolute Gasteiger partial charge is 0.505 e. The van der Waals surface area contributed by atoms with Crippen molar-refractivity contribution < 1.29 is 18.1 Å². The van der Waals surface area contributed by atoms with Crippen molar-refractivity contribution in [3.63, 3.8) is 0 Å². The van der Waals surface area contributed by atoms with Crippen LogP contribution in [0.2, 0.25) is 0 Å². The van der Waals surface area contributed by atoms with Gasteiger partial charge in [0.15, 0.2) is 5.75 Å². The van der Waals surface area contributed by atoms with Crippen molar-refractivity contribution in [2.75, 3.05) is 5.73 Å². The quantitative estimate of drug-likeness (QED) is 0.357. The normalized spacial score (nSPS) is 12.1. The van der Waals surface area contributed by atoms with E-state index in [1.165, 1.54) is 12.1 Å². The molecule has 0 bridgehead atoms. The fourth-order valence-electron chi connectivity index (χ4n) is 2.67. The molecule has 4 N–H and O–H groups in total. The van der Waals surface area contributed by atoms with Crippen LogP contribution in [0.15, 0.2) is 57.6 Å². The van der Waals surface area contributed by atoms with E-state index in [4.69, 9.17) is 5.73 Å². The number of anilines is 1. The Kier molecular flexibility index (Phi) is 4.39. The third-order valence-electron chi connectivity index (χ3n) is 3.95. The van der Waals surface area contributed by atoms with Crippen LogP contribution in [0.5, 0.6) is 5.75 Å². The van der Waals surface area contributed by atoms with Crippen molar-refractivity contribution in [2.24, 2.45) is 10.2 Å². The van der Waals surface area contributed by atoms with E-state index in [0.29, 0.717) is 22.2 Å². The number of fused-ring (bicyclic) bond motifs is 1. The molecule has 0 unspecified atom stereocenters. The number of hydrogen-bond donors (Lipinski definition) is 3. The van der Waals surface area contributed by atoms with Gasteiger partial charge in [-0.1, -0.05) is 6.07 Å². The first-order valence-corrected chi connectivity index (χ1v) is 9.12. The van der Waals surface area contributed by atoms with Gasteiger partial charge in [-0.3, -0.25) is 4.55 Å². The van der Waals surface area contributed by atoms with Gasteiger partial charge in [-0.25, -0.2) is 0 Å². The summed E-state index contributed by atoms with van der Waals surface area (Å²) in [6.45, 7) is 3.44. The van der Waals surface area contributed by atoms with Gasteiger partial charge in [0, 0.05) is 11.1 Å². The number of aryl methyl sites for hydroxylation is 2. The van der Waals surface area contributed by atoms with E-state index in [1.54, 1.807) is 44.2 Å². The van der Waals surface area contributed by atoms with E-state index in [-0.39, 0.29) is 22.0 Å². The monoisotopic (exact) mass is 371 g/mol. The molecule has 26 heavy (non-hydrogen) atoms. The summed E-state index contributed by atoms with van der Waals surface area (Å²) >= 11 is 0. The summed E-state index contributed by atoms with van der Waals surface area (Å²) in [5, 5.41) is 19.8. The molecule has 3 aromatic carbocycles. The highest BCUT2D eigenvalue weighted by Gasteiger charge is 2.16. The van der Waals surface area contributed by atoms with E-state index in [1.807, 2.05) is 0 Å². The second kappa shape index (κ2) is 6.40. The number of phenols is 1. The second-order valence-electron chi connectivity index (χ2n) is 6.02. The maximum absolute atomic E-state index is 11.6. The minimum absolute atomic E-state index is 0.0192. The molecule has 0 spiro atoms. The molecule has 7 nitrogen and oxygen atoms in total. The molecule has 0 saturated carbocycles. The molecule has 0 aliphatic rings. The van der Waals surface area contributed by atoms with Crippen LogP contribution in [-0.4, -0.2) is 18.1 Å². The fourth-order valence-corrected chi connectivity index (χ4v) is 3.38. The Morgan fingerprint density at radius 1 is 1.00 bits per heavy atom. The molecule has 0 fully saturated rings. The molecule has 0 aliphatic carbocycles. The maximum Gasteiger partial charge on any atom is 0.296 e. The molecule has 0 aromatic heterocycles. The first-order valence-electron chi connectivity index (χ1n) is 7.68. The number of hydrogen-bond acceptors (Lipinski definition) is 6. The summed E-state index contributed by atoms with van der Waals surface area (Å²) in [6, 6.07) is 11.3. The standard InChI is InChI=1S/C18H17N3O4S/c1-10-3-6-15(16(7-10)26(23,24)25)20-21-17-11(2)8-12-9-13(19)4-5-14(12)18(17)22/h3-9,22H,19H2,1-2H3,(H,23,24,25). The van der Waals surface area contributed by atoms with Crippen LogP contribution < -0.4 is 5.73 Å². The van der Waals surface area contributed by atoms with Gasteiger partial charge >= 0.3 is 0 Å². The third-order valence-corrected chi connectivity index (χ3v) is 4.83. The molecule has 0 heterocycles. The zero-order valence-electron chi connectivity index (χ0n) is 14.1. The fraction of sp³-hybridized carbons (Fsp3) is 0.111. The van der Waals surface area contributed by atoms with Gasteiger partial charge in [0.25, 0.3) is 10.1 Å². The van der Waals surface area contributed by atoms with Gasteiger partial charge in [0.2, 0.25) is 0 Å². The van der Waals surface area contributed by atoms with Crippen LogP contribution in [0, 0.1) is 13.8 Å². The number of rotatable bonds is 3. The Morgan fingerprint density at radius 2 is 1.73 bits per heavy atom. The number of nitrogens with zero attached hydrogens (tertiary/aromatic N) is 2. The summed E-state index contributed by atoms with van der Waals surface area (Å²) in [4.78, 5) is -0.341. The Balaban J connectivity index is 2.14. The molecule has 134 valence electrons. The van der Waals surface area contributed by atoms with Crippen LogP contribution in [0.1, 0.15) is 11.1 Å².